The van der Waals surface area contributed by atoms with E-state index in [1.807, 2.05) is 30.3 Å². The Hall–Kier alpha value is -2.67. The van der Waals surface area contributed by atoms with Crippen molar-refractivity contribution in [2.24, 2.45) is 0 Å². The first-order chi connectivity index (χ1) is 9.72. The number of hydrogen-bond donors (Lipinski definition) is 0. The summed E-state index contributed by atoms with van der Waals surface area (Å²) in [7, 11) is 1.70. The number of nitrogens with zero attached hydrogens (tertiary/aromatic N) is 3. The lowest BCUT2D eigenvalue weighted by Crippen LogP contribution is -2.30. The molecule has 0 aliphatic rings. The van der Waals surface area contributed by atoms with Crippen LogP contribution in [0.25, 0.3) is 0 Å². The molecule has 1 aromatic carbocycles. The van der Waals surface area contributed by atoms with Gasteiger partial charge in [0, 0.05) is 26.0 Å². The van der Waals surface area contributed by atoms with E-state index in [-0.39, 0.29) is 5.91 Å². The molecule has 20 heavy (non-hydrogen) atoms. The van der Waals surface area contributed by atoms with E-state index in [2.05, 4.69) is 11.1 Å². The number of likely N-dealkylation sites (N-methyl/N-ethyl adjacent to an activating group) is 1. The van der Waals surface area contributed by atoms with Crippen LogP contribution < -0.4 is 0 Å². The lowest BCUT2D eigenvalue weighted by Gasteiger charge is -2.20. The number of carbonyl (C=O) groups is 1. The zero-order valence-electron chi connectivity index (χ0n) is 11.2. The first kappa shape index (κ1) is 13.8. The fourth-order valence-corrected chi connectivity index (χ4v) is 1.98. The molecule has 1 aromatic heterocycles. The minimum Gasteiger partial charge on any atom is -0.340 e. The number of aromatic nitrogens is 1. The molecule has 2 rings (SSSR count). The van der Waals surface area contributed by atoms with E-state index in [1.165, 1.54) is 0 Å². The van der Waals surface area contributed by atoms with Crippen LogP contribution in [0.4, 0.5) is 0 Å². The maximum atomic E-state index is 12.4. The second-order valence-electron chi connectivity index (χ2n) is 4.53. The Morgan fingerprint density at radius 3 is 2.65 bits per heavy atom. The average molecular weight is 265 g/mol. The molecule has 4 heteroatoms. The van der Waals surface area contributed by atoms with E-state index in [1.54, 1.807) is 36.5 Å². The van der Waals surface area contributed by atoms with Crippen molar-refractivity contribution >= 4 is 5.91 Å². The first-order valence-electron chi connectivity index (χ1n) is 6.31. The lowest BCUT2D eigenvalue weighted by atomic mass is 9.99. The third-order valence-electron chi connectivity index (χ3n) is 3.03. The Morgan fingerprint density at radius 1 is 1.30 bits per heavy atom. The van der Waals surface area contributed by atoms with Gasteiger partial charge in [-0.05, 0) is 17.2 Å². The number of rotatable bonds is 4. The van der Waals surface area contributed by atoms with Crippen LogP contribution >= 0.6 is 0 Å². The summed E-state index contributed by atoms with van der Waals surface area (Å²) in [5.74, 6) is -0.972. The molecule has 0 aliphatic carbocycles. The van der Waals surface area contributed by atoms with Gasteiger partial charge in [0.2, 0.25) is 5.91 Å². The zero-order valence-corrected chi connectivity index (χ0v) is 11.2. The average Bonchev–Trinajstić information content (AvgIpc) is 2.50. The van der Waals surface area contributed by atoms with Crippen molar-refractivity contribution in [1.29, 1.82) is 5.26 Å². The monoisotopic (exact) mass is 265 g/mol. The van der Waals surface area contributed by atoms with Gasteiger partial charge in [-0.1, -0.05) is 36.4 Å². The Morgan fingerprint density at radius 2 is 2.05 bits per heavy atom. The van der Waals surface area contributed by atoms with Crippen LogP contribution in [-0.4, -0.2) is 22.8 Å². The predicted molar refractivity (Wildman–Crippen MR) is 75.5 cm³/mol. The summed E-state index contributed by atoms with van der Waals surface area (Å²) in [5, 5.41) is 9.26. The van der Waals surface area contributed by atoms with E-state index in [9.17, 15) is 10.1 Å². The molecule has 0 radical (unpaired) electrons. The number of amides is 1. The van der Waals surface area contributed by atoms with Gasteiger partial charge >= 0.3 is 0 Å². The van der Waals surface area contributed by atoms with Gasteiger partial charge in [0.15, 0.2) is 0 Å². The smallest absolute Gasteiger partial charge is 0.244 e. The third kappa shape index (κ3) is 3.21. The maximum Gasteiger partial charge on any atom is 0.244 e. The molecule has 1 unspecified atom stereocenters. The highest BCUT2D eigenvalue weighted by Gasteiger charge is 2.23. The topological polar surface area (TPSA) is 57.0 Å². The Bertz CT molecular complexity index is 605. The molecule has 100 valence electrons. The zero-order chi connectivity index (χ0) is 14.4. The minimum atomic E-state index is -0.766. The van der Waals surface area contributed by atoms with E-state index in [0.717, 1.165) is 11.1 Å². The predicted octanol–water partition coefficient (Wildman–Crippen LogP) is 2.35. The first-order valence-corrected chi connectivity index (χ1v) is 6.31. The molecule has 0 saturated heterocycles. The normalized spacial score (nSPS) is 11.4. The van der Waals surface area contributed by atoms with Crippen LogP contribution in [0.2, 0.25) is 0 Å². The molecule has 0 aliphatic heterocycles. The summed E-state index contributed by atoms with van der Waals surface area (Å²) >= 11 is 0. The van der Waals surface area contributed by atoms with Crippen LogP contribution in [0.1, 0.15) is 17.0 Å². The molecule has 0 fully saturated rings. The van der Waals surface area contributed by atoms with Crippen LogP contribution in [0, 0.1) is 11.3 Å². The second-order valence-corrected chi connectivity index (χ2v) is 4.53. The van der Waals surface area contributed by atoms with Crippen molar-refractivity contribution in [1.82, 2.24) is 9.88 Å². The number of carbonyl (C=O) groups excluding carboxylic acids is 1. The minimum absolute atomic E-state index is 0.206. The second kappa shape index (κ2) is 6.48. The van der Waals surface area contributed by atoms with Gasteiger partial charge in [-0.3, -0.25) is 9.78 Å². The van der Waals surface area contributed by atoms with Crippen molar-refractivity contribution in [2.75, 3.05) is 7.05 Å². The van der Waals surface area contributed by atoms with E-state index in [4.69, 9.17) is 0 Å². The summed E-state index contributed by atoms with van der Waals surface area (Å²) in [6.07, 6.45) is 3.40. The van der Waals surface area contributed by atoms with Crippen molar-refractivity contribution < 1.29 is 4.79 Å². The molecule has 1 atom stereocenters. The number of benzene rings is 1. The molecule has 0 bridgehead atoms. The highest BCUT2D eigenvalue weighted by Crippen LogP contribution is 2.18. The molecule has 0 spiro atoms. The Kier molecular flexibility index (Phi) is 4.46. The van der Waals surface area contributed by atoms with Crippen molar-refractivity contribution in [2.45, 2.75) is 12.5 Å². The molecule has 0 N–H and O–H groups in total. The highest BCUT2D eigenvalue weighted by atomic mass is 16.2. The highest BCUT2D eigenvalue weighted by molar-refractivity contribution is 5.86. The summed E-state index contributed by atoms with van der Waals surface area (Å²) in [5.41, 5.74) is 1.66. The Labute approximate surface area is 118 Å². The SMILES string of the molecule is CN(Cc1cccnc1)C(=O)C(C#N)c1ccccc1. The fourth-order valence-electron chi connectivity index (χ4n) is 1.98. The number of nitriles is 1. The molecular weight excluding hydrogens is 250 g/mol. The summed E-state index contributed by atoms with van der Waals surface area (Å²) in [6.45, 7) is 0.442. The van der Waals surface area contributed by atoms with Gasteiger partial charge in [0.25, 0.3) is 0 Å². The standard InChI is InChI=1S/C16H15N3O/c1-19(12-13-6-5-9-18-11-13)16(20)15(10-17)14-7-3-2-4-8-14/h2-9,11,15H,12H2,1H3. The summed E-state index contributed by atoms with van der Waals surface area (Å²) in [4.78, 5) is 17.9. The summed E-state index contributed by atoms with van der Waals surface area (Å²) in [6, 6.07) is 14.9. The quantitative estimate of drug-likeness (QED) is 0.852. The largest absolute Gasteiger partial charge is 0.340 e. The Balaban J connectivity index is 2.11. The molecule has 1 amide bonds. The van der Waals surface area contributed by atoms with Gasteiger partial charge in [-0.25, -0.2) is 0 Å². The van der Waals surface area contributed by atoms with Crippen LogP contribution in [-0.2, 0) is 11.3 Å². The maximum absolute atomic E-state index is 12.4. The van der Waals surface area contributed by atoms with Crippen LogP contribution in [0.3, 0.4) is 0 Å². The van der Waals surface area contributed by atoms with Gasteiger partial charge in [0.05, 0.1) is 6.07 Å². The van der Waals surface area contributed by atoms with Crippen molar-refractivity contribution in [3.8, 4) is 6.07 Å². The van der Waals surface area contributed by atoms with E-state index in [0.29, 0.717) is 6.54 Å². The van der Waals surface area contributed by atoms with Crippen molar-refractivity contribution in [3.05, 3.63) is 66.0 Å². The number of pyridine rings is 1. The summed E-state index contributed by atoms with van der Waals surface area (Å²) < 4.78 is 0. The van der Waals surface area contributed by atoms with Gasteiger partial charge in [0.1, 0.15) is 5.92 Å². The molecule has 4 nitrogen and oxygen atoms in total. The van der Waals surface area contributed by atoms with Crippen LogP contribution in [0.5, 0.6) is 0 Å². The van der Waals surface area contributed by atoms with Gasteiger partial charge in [-0.2, -0.15) is 5.26 Å². The van der Waals surface area contributed by atoms with Crippen molar-refractivity contribution in [3.63, 3.8) is 0 Å². The van der Waals surface area contributed by atoms with Gasteiger partial charge in [-0.15, -0.1) is 0 Å². The molecule has 1 heterocycles. The molecule has 2 aromatic rings. The lowest BCUT2D eigenvalue weighted by molar-refractivity contribution is -0.130. The molecule has 0 saturated carbocycles. The van der Waals surface area contributed by atoms with E-state index >= 15 is 0 Å². The fraction of sp³-hybridized carbons (Fsp3) is 0.188. The van der Waals surface area contributed by atoms with E-state index < -0.39 is 5.92 Å². The third-order valence-corrected chi connectivity index (χ3v) is 3.03. The number of hydrogen-bond acceptors (Lipinski definition) is 3. The van der Waals surface area contributed by atoms with Gasteiger partial charge < -0.3 is 4.90 Å². The molecular formula is C16H15N3O. The van der Waals surface area contributed by atoms with Crippen LogP contribution in [0.15, 0.2) is 54.9 Å².